The largest absolute Gasteiger partial charge is 0.465 e. The van der Waals surface area contributed by atoms with Crippen molar-refractivity contribution >= 4 is 22.8 Å². The molecule has 0 unspecified atom stereocenters. The third-order valence-electron chi connectivity index (χ3n) is 5.05. The molecule has 25 heavy (non-hydrogen) atoms. The van der Waals surface area contributed by atoms with E-state index in [4.69, 9.17) is 4.74 Å². The van der Waals surface area contributed by atoms with Crippen LogP contribution in [0.4, 0.5) is 0 Å². The van der Waals surface area contributed by atoms with Crippen LogP contribution in [0.1, 0.15) is 28.0 Å². The van der Waals surface area contributed by atoms with Crippen molar-refractivity contribution in [2.75, 3.05) is 13.7 Å². The smallest absolute Gasteiger partial charge is 0.337 e. The fourth-order valence-corrected chi connectivity index (χ4v) is 3.56. The zero-order chi connectivity index (χ0) is 17.7. The van der Waals surface area contributed by atoms with Crippen molar-refractivity contribution in [3.8, 4) is 0 Å². The number of esters is 1. The van der Waals surface area contributed by atoms with Gasteiger partial charge in [0.05, 0.1) is 12.7 Å². The van der Waals surface area contributed by atoms with Crippen LogP contribution in [0.2, 0.25) is 0 Å². The highest BCUT2D eigenvalue weighted by Crippen LogP contribution is 2.37. The molecule has 2 aliphatic rings. The second-order valence-corrected chi connectivity index (χ2v) is 6.54. The number of methoxy groups -OCH3 is 1. The molecule has 8 heteroatoms. The highest BCUT2D eigenvalue weighted by molar-refractivity contribution is 5.96. The fourth-order valence-electron chi connectivity index (χ4n) is 3.56. The van der Waals surface area contributed by atoms with Crippen LogP contribution in [-0.4, -0.2) is 46.4 Å². The summed E-state index contributed by atoms with van der Waals surface area (Å²) in [5, 5.41) is 11.7. The molecule has 4 rings (SSSR count). The van der Waals surface area contributed by atoms with Crippen molar-refractivity contribution in [2.24, 2.45) is 5.92 Å². The Morgan fingerprint density at radius 2 is 2.20 bits per heavy atom. The van der Waals surface area contributed by atoms with Crippen LogP contribution >= 0.6 is 0 Å². The number of nitrogens with zero attached hydrogens (tertiary/aromatic N) is 2. The van der Waals surface area contributed by atoms with E-state index in [9.17, 15) is 19.7 Å². The zero-order valence-electron chi connectivity index (χ0n) is 13.7. The number of hydrogen-bond donors (Lipinski definition) is 1. The second kappa shape index (κ2) is 5.58. The van der Waals surface area contributed by atoms with Crippen LogP contribution in [0.15, 0.2) is 18.2 Å². The number of nitro groups is 1. The molecule has 0 spiro atoms. The molecule has 1 aromatic carbocycles. The van der Waals surface area contributed by atoms with Gasteiger partial charge in [0.1, 0.15) is 5.92 Å². The number of H-pyrrole nitrogens is 1. The predicted molar refractivity (Wildman–Crippen MR) is 87.6 cm³/mol. The molecular weight excluding hydrogens is 326 g/mol. The molecule has 0 bridgehead atoms. The lowest BCUT2D eigenvalue weighted by Crippen LogP contribution is -2.37. The number of fused-ring (bicyclic) bond motifs is 3. The van der Waals surface area contributed by atoms with Gasteiger partial charge in [-0.1, -0.05) is 0 Å². The molecule has 1 amide bonds. The van der Waals surface area contributed by atoms with E-state index in [-0.39, 0.29) is 10.8 Å². The lowest BCUT2D eigenvalue weighted by atomic mass is 10.0. The Bertz CT molecular complexity index is 903. The van der Waals surface area contributed by atoms with E-state index in [1.165, 1.54) is 7.11 Å². The monoisotopic (exact) mass is 343 g/mol. The van der Waals surface area contributed by atoms with Gasteiger partial charge in [-0.05, 0) is 18.2 Å². The maximum absolute atomic E-state index is 12.5. The molecule has 130 valence electrons. The summed E-state index contributed by atoms with van der Waals surface area (Å²) in [6.07, 6.45) is 0.995. The van der Waals surface area contributed by atoms with Crippen LogP contribution in [0.3, 0.4) is 0 Å². The van der Waals surface area contributed by atoms with Crippen molar-refractivity contribution < 1.29 is 19.2 Å². The van der Waals surface area contributed by atoms with Crippen LogP contribution in [0.25, 0.3) is 10.9 Å². The third-order valence-corrected chi connectivity index (χ3v) is 5.05. The van der Waals surface area contributed by atoms with E-state index in [0.717, 1.165) is 22.2 Å². The Labute approximate surface area is 142 Å². The molecule has 2 aromatic rings. The van der Waals surface area contributed by atoms with Gasteiger partial charge in [0.25, 0.3) is 0 Å². The normalized spacial score (nSPS) is 21.7. The van der Waals surface area contributed by atoms with Gasteiger partial charge in [0.2, 0.25) is 11.9 Å². The van der Waals surface area contributed by atoms with Crippen molar-refractivity contribution in [3.05, 3.63) is 45.1 Å². The first kappa shape index (κ1) is 15.6. The molecule has 8 nitrogen and oxygen atoms in total. The zero-order valence-corrected chi connectivity index (χ0v) is 13.7. The molecule has 2 heterocycles. The molecular formula is C17H17N3O5. The van der Waals surface area contributed by atoms with Crippen LogP contribution in [-0.2, 0) is 22.5 Å². The number of carbonyl (C=O) groups excluding carboxylic acids is 2. The van der Waals surface area contributed by atoms with Crippen LogP contribution < -0.4 is 0 Å². The quantitative estimate of drug-likeness (QED) is 0.516. The lowest BCUT2D eigenvalue weighted by molar-refractivity contribution is -0.497. The topological polar surface area (TPSA) is 106 Å². The van der Waals surface area contributed by atoms with E-state index >= 15 is 0 Å². The molecule has 1 aromatic heterocycles. The minimum atomic E-state index is -0.734. The number of aromatic nitrogens is 1. The summed E-state index contributed by atoms with van der Waals surface area (Å²) in [5.74, 6) is -1.05. The standard InChI is InChI=1S/C17H17N3O5/c1-25-17(22)9-2-3-13-10(6-9)12-8-19(5-4-14(12)18-13)16(21)11-7-15(11)20(23)24/h2-3,6,11,15,18H,4-5,7-8H2,1H3/t11-,15+/m1/s1. The fraction of sp³-hybridized carbons (Fsp3) is 0.412. The number of nitrogens with one attached hydrogen (secondary N) is 1. The number of hydrogen-bond acceptors (Lipinski definition) is 5. The average Bonchev–Trinajstić information content (AvgIpc) is 3.35. The van der Waals surface area contributed by atoms with Crippen molar-refractivity contribution in [1.82, 2.24) is 9.88 Å². The molecule has 1 saturated carbocycles. The van der Waals surface area contributed by atoms with Crippen LogP contribution in [0, 0.1) is 16.0 Å². The van der Waals surface area contributed by atoms with Crippen LogP contribution in [0.5, 0.6) is 0 Å². The van der Waals surface area contributed by atoms with Gasteiger partial charge in [-0.25, -0.2) is 4.79 Å². The van der Waals surface area contributed by atoms with Gasteiger partial charge in [0, 0.05) is 53.0 Å². The van der Waals surface area contributed by atoms with E-state index in [1.54, 1.807) is 17.0 Å². The van der Waals surface area contributed by atoms with Crippen molar-refractivity contribution in [1.29, 1.82) is 0 Å². The SMILES string of the molecule is COC(=O)c1ccc2[nH]c3c(c2c1)CN(C(=O)[C@@H]1C[C@@H]1[N+](=O)[O-])CC3. The molecule has 2 atom stereocenters. The predicted octanol–water partition coefficient (Wildman–Crippen LogP) is 1.50. The highest BCUT2D eigenvalue weighted by Gasteiger charge is 2.54. The maximum atomic E-state index is 12.5. The number of carbonyl (C=O) groups is 2. The molecule has 1 aliphatic heterocycles. The third kappa shape index (κ3) is 2.54. The van der Waals surface area contributed by atoms with Crippen molar-refractivity contribution in [2.45, 2.75) is 25.4 Å². The Morgan fingerprint density at radius 3 is 2.88 bits per heavy atom. The second-order valence-electron chi connectivity index (χ2n) is 6.54. The van der Waals surface area contributed by atoms with Gasteiger partial charge in [-0.3, -0.25) is 14.9 Å². The van der Waals surface area contributed by atoms with E-state index in [1.807, 2.05) is 6.07 Å². The summed E-state index contributed by atoms with van der Waals surface area (Å²) < 4.78 is 4.76. The average molecular weight is 343 g/mol. The molecule has 0 saturated heterocycles. The molecule has 0 radical (unpaired) electrons. The highest BCUT2D eigenvalue weighted by atomic mass is 16.6. The minimum absolute atomic E-state index is 0.147. The molecule has 1 aliphatic carbocycles. The Kier molecular flexibility index (Phi) is 3.48. The number of benzene rings is 1. The minimum Gasteiger partial charge on any atom is -0.465 e. The van der Waals surface area contributed by atoms with Gasteiger partial charge >= 0.3 is 5.97 Å². The summed E-state index contributed by atoms with van der Waals surface area (Å²) in [6, 6.07) is 4.56. The Hall–Kier alpha value is -2.90. The number of rotatable bonds is 3. The number of aromatic amines is 1. The van der Waals surface area contributed by atoms with Gasteiger partial charge in [0.15, 0.2) is 0 Å². The number of ether oxygens (including phenoxy) is 1. The van der Waals surface area contributed by atoms with Gasteiger partial charge in [-0.2, -0.15) is 0 Å². The summed E-state index contributed by atoms with van der Waals surface area (Å²) in [6.45, 7) is 0.948. The summed E-state index contributed by atoms with van der Waals surface area (Å²) in [5.41, 5.74) is 3.37. The van der Waals surface area contributed by atoms with E-state index in [0.29, 0.717) is 31.5 Å². The molecule has 1 fully saturated rings. The summed E-state index contributed by atoms with van der Waals surface area (Å²) in [4.78, 5) is 39.7. The maximum Gasteiger partial charge on any atom is 0.337 e. The van der Waals surface area contributed by atoms with E-state index < -0.39 is 17.9 Å². The Balaban J connectivity index is 1.62. The Morgan fingerprint density at radius 1 is 1.40 bits per heavy atom. The lowest BCUT2D eigenvalue weighted by Gasteiger charge is -2.27. The first-order chi connectivity index (χ1) is 12.0. The van der Waals surface area contributed by atoms with Gasteiger partial charge < -0.3 is 14.6 Å². The first-order valence-corrected chi connectivity index (χ1v) is 8.13. The summed E-state index contributed by atoms with van der Waals surface area (Å²) in [7, 11) is 1.33. The van der Waals surface area contributed by atoms with E-state index in [2.05, 4.69) is 4.98 Å². The first-order valence-electron chi connectivity index (χ1n) is 8.13. The molecule has 1 N–H and O–H groups in total. The number of amides is 1. The summed E-state index contributed by atoms with van der Waals surface area (Å²) >= 11 is 0. The van der Waals surface area contributed by atoms with Crippen molar-refractivity contribution in [3.63, 3.8) is 0 Å². The van der Waals surface area contributed by atoms with Gasteiger partial charge in [-0.15, -0.1) is 0 Å².